The van der Waals surface area contributed by atoms with Gasteiger partial charge in [-0.2, -0.15) is 5.26 Å². The second-order valence-corrected chi connectivity index (χ2v) is 6.27. The Kier molecular flexibility index (Phi) is 6.76. The number of nitrogens with one attached hydrogen (secondary N) is 1. The number of esters is 1. The molecule has 0 saturated heterocycles. The minimum absolute atomic E-state index is 0.0409. The number of carbonyl (C=O) groups is 2. The van der Waals surface area contributed by atoms with Crippen molar-refractivity contribution in [2.75, 3.05) is 12.4 Å². The van der Waals surface area contributed by atoms with Crippen LogP contribution in [0.3, 0.4) is 0 Å². The van der Waals surface area contributed by atoms with Gasteiger partial charge in [0.25, 0.3) is 5.91 Å². The minimum Gasteiger partial charge on any atom is -0.493 e. The summed E-state index contributed by atoms with van der Waals surface area (Å²) in [7, 11) is 1.42. The number of ether oxygens (including phenoxy) is 2. The van der Waals surface area contributed by atoms with Crippen molar-refractivity contribution in [1.82, 2.24) is 0 Å². The lowest BCUT2D eigenvalue weighted by Crippen LogP contribution is -2.14. The largest absolute Gasteiger partial charge is 0.493 e. The summed E-state index contributed by atoms with van der Waals surface area (Å²) in [4.78, 5) is 24.8. The SMILES string of the molecule is COc1ccc(C=C(C#N)C(=O)Nc2ccccc2F)cc1OC(=O)c1ccccc1. The van der Waals surface area contributed by atoms with Crippen LogP contribution in [0.15, 0.2) is 78.4 Å². The van der Waals surface area contributed by atoms with Crippen molar-refractivity contribution in [1.29, 1.82) is 5.26 Å². The van der Waals surface area contributed by atoms with E-state index in [2.05, 4.69) is 5.32 Å². The van der Waals surface area contributed by atoms with Crippen LogP contribution in [0.4, 0.5) is 10.1 Å². The lowest BCUT2D eigenvalue weighted by atomic mass is 10.1. The number of rotatable bonds is 6. The van der Waals surface area contributed by atoms with Gasteiger partial charge in [0.1, 0.15) is 17.5 Å². The molecule has 0 aliphatic rings. The molecular formula is C24H17FN2O4. The maximum absolute atomic E-state index is 13.8. The van der Waals surface area contributed by atoms with Gasteiger partial charge in [-0.15, -0.1) is 0 Å². The quantitative estimate of drug-likeness (QED) is 0.275. The third-order valence-corrected chi connectivity index (χ3v) is 4.20. The van der Waals surface area contributed by atoms with Crippen molar-refractivity contribution in [2.24, 2.45) is 0 Å². The zero-order chi connectivity index (χ0) is 22.2. The van der Waals surface area contributed by atoms with Crippen LogP contribution < -0.4 is 14.8 Å². The number of methoxy groups -OCH3 is 1. The Morgan fingerprint density at radius 3 is 2.39 bits per heavy atom. The summed E-state index contributed by atoms with van der Waals surface area (Å²) < 4.78 is 24.4. The fourth-order valence-corrected chi connectivity index (χ4v) is 2.66. The van der Waals surface area contributed by atoms with Gasteiger partial charge in [0.2, 0.25) is 0 Å². The molecule has 31 heavy (non-hydrogen) atoms. The molecule has 3 aromatic carbocycles. The molecule has 0 aromatic heterocycles. The zero-order valence-corrected chi connectivity index (χ0v) is 16.5. The highest BCUT2D eigenvalue weighted by Gasteiger charge is 2.15. The van der Waals surface area contributed by atoms with E-state index in [1.165, 1.54) is 37.5 Å². The van der Waals surface area contributed by atoms with E-state index in [4.69, 9.17) is 9.47 Å². The summed E-state index contributed by atoms with van der Waals surface area (Å²) in [5.41, 5.74) is 0.471. The third kappa shape index (κ3) is 5.34. The van der Waals surface area contributed by atoms with Crippen molar-refractivity contribution in [3.63, 3.8) is 0 Å². The van der Waals surface area contributed by atoms with Gasteiger partial charge in [0.05, 0.1) is 18.4 Å². The second kappa shape index (κ2) is 9.85. The first-order chi connectivity index (χ1) is 15.0. The molecule has 7 heteroatoms. The Balaban J connectivity index is 1.86. The van der Waals surface area contributed by atoms with E-state index in [0.717, 1.165) is 0 Å². The van der Waals surface area contributed by atoms with E-state index in [-0.39, 0.29) is 17.0 Å². The van der Waals surface area contributed by atoms with Crippen molar-refractivity contribution in [3.05, 3.63) is 95.3 Å². The molecule has 3 aromatic rings. The lowest BCUT2D eigenvalue weighted by Gasteiger charge is -2.10. The van der Waals surface area contributed by atoms with E-state index < -0.39 is 17.7 Å². The summed E-state index contributed by atoms with van der Waals surface area (Å²) in [6.45, 7) is 0. The Morgan fingerprint density at radius 2 is 1.71 bits per heavy atom. The van der Waals surface area contributed by atoms with Gasteiger partial charge < -0.3 is 14.8 Å². The lowest BCUT2D eigenvalue weighted by molar-refractivity contribution is -0.112. The van der Waals surface area contributed by atoms with Gasteiger partial charge >= 0.3 is 5.97 Å². The molecule has 154 valence electrons. The van der Waals surface area contributed by atoms with Crippen LogP contribution in [0.25, 0.3) is 6.08 Å². The number of para-hydroxylation sites is 1. The van der Waals surface area contributed by atoms with Crippen molar-refractivity contribution in [3.8, 4) is 17.6 Å². The van der Waals surface area contributed by atoms with Gasteiger partial charge in [-0.05, 0) is 48.0 Å². The smallest absolute Gasteiger partial charge is 0.343 e. The number of carbonyl (C=O) groups excluding carboxylic acids is 2. The zero-order valence-electron chi connectivity index (χ0n) is 16.5. The number of nitriles is 1. The highest BCUT2D eigenvalue weighted by Crippen LogP contribution is 2.30. The average molecular weight is 416 g/mol. The Labute approximate surface area is 178 Å². The monoisotopic (exact) mass is 416 g/mol. The molecule has 0 fully saturated rings. The van der Waals surface area contributed by atoms with E-state index in [9.17, 15) is 19.2 Å². The summed E-state index contributed by atoms with van der Waals surface area (Å²) in [6.07, 6.45) is 1.30. The summed E-state index contributed by atoms with van der Waals surface area (Å²) in [5.74, 6) is -1.55. The molecule has 0 saturated carbocycles. The molecule has 0 aliphatic heterocycles. The number of nitrogens with zero attached hydrogens (tertiary/aromatic N) is 1. The summed E-state index contributed by atoms with van der Waals surface area (Å²) in [6, 6.07) is 20.4. The molecule has 0 radical (unpaired) electrons. The van der Waals surface area contributed by atoms with Gasteiger partial charge in [0, 0.05) is 0 Å². The molecule has 0 heterocycles. The van der Waals surface area contributed by atoms with Gasteiger partial charge in [-0.1, -0.05) is 36.4 Å². The predicted molar refractivity (Wildman–Crippen MR) is 113 cm³/mol. The number of anilines is 1. The van der Waals surface area contributed by atoms with Crippen molar-refractivity contribution < 1.29 is 23.5 Å². The molecule has 0 atom stereocenters. The Hall–Kier alpha value is -4.44. The molecule has 0 aliphatic carbocycles. The van der Waals surface area contributed by atoms with Crippen LogP contribution in [0.1, 0.15) is 15.9 Å². The van der Waals surface area contributed by atoms with Crippen LogP contribution in [-0.2, 0) is 4.79 Å². The third-order valence-electron chi connectivity index (χ3n) is 4.20. The van der Waals surface area contributed by atoms with Crippen LogP contribution >= 0.6 is 0 Å². The number of hydrogen-bond acceptors (Lipinski definition) is 5. The number of hydrogen-bond donors (Lipinski definition) is 1. The normalized spacial score (nSPS) is 10.7. The van der Waals surface area contributed by atoms with E-state index in [1.54, 1.807) is 54.6 Å². The maximum atomic E-state index is 13.8. The molecule has 0 unspecified atom stereocenters. The van der Waals surface area contributed by atoms with Crippen molar-refractivity contribution >= 4 is 23.6 Å². The van der Waals surface area contributed by atoms with Crippen LogP contribution in [0, 0.1) is 17.1 Å². The number of amides is 1. The second-order valence-electron chi connectivity index (χ2n) is 6.27. The first-order valence-corrected chi connectivity index (χ1v) is 9.14. The first-order valence-electron chi connectivity index (χ1n) is 9.14. The first kappa shape index (κ1) is 21.3. The van der Waals surface area contributed by atoms with E-state index >= 15 is 0 Å². The molecule has 1 amide bonds. The van der Waals surface area contributed by atoms with Crippen LogP contribution in [-0.4, -0.2) is 19.0 Å². The molecular weight excluding hydrogens is 399 g/mol. The van der Waals surface area contributed by atoms with E-state index in [1.807, 2.05) is 0 Å². The summed E-state index contributed by atoms with van der Waals surface area (Å²) >= 11 is 0. The Bertz CT molecular complexity index is 1180. The average Bonchev–Trinajstić information content (AvgIpc) is 2.79. The highest BCUT2D eigenvalue weighted by atomic mass is 19.1. The van der Waals surface area contributed by atoms with E-state index in [0.29, 0.717) is 16.9 Å². The van der Waals surface area contributed by atoms with Crippen molar-refractivity contribution in [2.45, 2.75) is 0 Å². The molecule has 0 spiro atoms. The fraction of sp³-hybridized carbons (Fsp3) is 0.0417. The number of halogens is 1. The van der Waals surface area contributed by atoms with Gasteiger partial charge in [-0.25, -0.2) is 9.18 Å². The van der Waals surface area contributed by atoms with Gasteiger partial charge in [-0.3, -0.25) is 4.79 Å². The standard InChI is InChI=1S/C24H17FN2O4/c1-30-21-12-11-16(14-22(21)31-24(29)17-7-3-2-4-8-17)13-18(15-26)23(28)27-20-10-6-5-9-19(20)25/h2-14H,1H3,(H,27,28). The summed E-state index contributed by atoms with van der Waals surface area (Å²) in [5, 5.41) is 11.7. The predicted octanol–water partition coefficient (Wildman–Crippen LogP) is 4.60. The molecule has 6 nitrogen and oxygen atoms in total. The highest BCUT2D eigenvalue weighted by molar-refractivity contribution is 6.09. The Morgan fingerprint density at radius 1 is 1.00 bits per heavy atom. The molecule has 0 bridgehead atoms. The molecule has 1 N–H and O–H groups in total. The maximum Gasteiger partial charge on any atom is 0.343 e. The molecule has 3 rings (SSSR count). The fourth-order valence-electron chi connectivity index (χ4n) is 2.66. The van der Waals surface area contributed by atoms with Crippen LogP contribution in [0.2, 0.25) is 0 Å². The number of benzene rings is 3. The van der Waals surface area contributed by atoms with Gasteiger partial charge in [0.15, 0.2) is 11.5 Å². The topological polar surface area (TPSA) is 88.4 Å². The minimum atomic E-state index is -0.772. The van der Waals surface area contributed by atoms with Crippen LogP contribution in [0.5, 0.6) is 11.5 Å².